The lowest BCUT2D eigenvalue weighted by Crippen LogP contribution is -2.27. The van der Waals surface area contributed by atoms with Crippen molar-refractivity contribution in [2.75, 3.05) is 11.9 Å². The zero-order valence-electron chi connectivity index (χ0n) is 9.78. The molecule has 2 aromatic rings. The van der Waals surface area contributed by atoms with Gasteiger partial charge in [-0.15, -0.1) is 5.10 Å². The minimum Gasteiger partial charge on any atom is -0.329 e. The molecular formula is C13H14N4O. The van der Waals surface area contributed by atoms with Gasteiger partial charge in [-0.1, -0.05) is 30.3 Å². The number of aromatic nitrogens is 2. The number of nitrogens with zero attached hydrogens (tertiary/aromatic N) is 2. The fourth-order valence-electron chi connectivity index (χ4n) is 1.66. The monoisotopic (exact) mass is 242 g/mol. The summed E-state index contributed by atoms with van der Waals surface area (Å²) in [5.74, 6) is -0.130. The topological polar surface area (TPSA) is 80.9 Å². The maximum Gasteiger partial charge on any atom is 0.234 e. The van der Waals surface area contributed by atoms with Gasteiger partial charge in [0.25, 0.3) is 0 Å². The summed E-state index contributed by atoms with van der Waals surface area (Å²) in [6.45, 7) is 0.246. The lowest BCUT2D eigenvalue weighted by Gasteiger charge is -2.14. The van der Waals surface area contributed by atoms with Crippen molar-refractivity contribution < 1.29 is 4.79 Å². The van der Waals surface area contributed by atoms with E-state index < -0.39 is 0 Å². The van der Waals surface area contributed by atoms with Crippen LogP contribution in [-0.2, 0) is 4.79 Å². The van der Waals surface area contributed by atoms with E-state index in [9.17, 15) is 4.79 Å². The molecule has 0 saturated carbocycles. The Kier molecular flexibility index (Phi) is 3.98. The number of hydrogen-bond acceptors (Lipinski definition) is 4. The molecule has 1 aromatic carbocycles. The second-order valence-corrected chi connectivity index (χ2v) is 3.80. The molecule has 1 unspecified atom stereocenters. The molecule has 1 atom stereocenters. The minimum atomic E-state index is -0.381. The van der Waals surface area contributed by atoms with Gasteiger partial charge in [0, 0.05) is 12.7 Å². The van der Waals surface area contributed by atoms with Crippen molar-refractivity contribution in [3.05, 3.63) is 54.2 Å². The van der Waals surface area contributed by atoms with Crippen molar-refractivity contribution in [2.45, 2.75) is 5.92 Å². The number of carbonyl (C=O) groups is 1. The first-order chi connectivity index (χ1) is 8.81. The van der Waals surface area contributed by atoms with E-state index >= 15 is 0 Å². The molecule has 1 heterocycles. The molecule has 0 aliphatic heterocycles. The first-order valence-corrected chi connectivity index (χ1v) is 5.65. The highest BCUT2D eigenvalue weighted by atomic mass is 16.2. The first kappa shape index (κ1) is 12.2. The van der Waals surface area contributed by atoms with Crippen LogP contribution in [0.2, 0.25) is 0 Å². The summed E-state index contributed by atoms with van der Waals surface area (Å²) in [5.41, 5.74) is 6.55. The van der Waals surface area contributed by atoms with E-state index in [4.69, 9.17) is 5.73 Å². The maximum absolute atomic E-state index is 12.1. The summed E-state index contributed by atoms with van der Waals surface area (Å²) in [4.78, 5) is 12.1. The molecule has 0 aliphatic carbocycles. The molecule has 0 aliphatic rings. The molecule has 0 spiro atoms. The van der Waals surface area contributed by atoms with Gasteiger partial charge in [0.15, 0.2) is 5.82 Å². The Balaban J connectivity index is 2.12. The van der Waals surface area contributed by atoms with E-state index in [0.717, 1.165) is 5.56 Å². The molecule has 2 rings (SSSR count). The third kappa shape index (κ3) is 2.89. The molecule has 0 bridgehead atoms. The molecule has 92 valence electrons. The smallest absolute Gasteiger partial charge is 0.234 e. The predicted molar refractivity (Wildman–Crippen MR) is 68.9 cm³/mol. The highest BCUT2D eigenvalue weighted by molar-refractivity contribution is 5.95. The van der Waals surface area contributed by atoms with Gasteiger partial charge in [0.2, 0.25) is 5.91 Å². The van der Waals surface area contributed by atoms with Gasteiger partial charge in [0.05, 0.1) is 5.92 Å². The van der Waals surface area contributed by atoms with Crippen LogP contribution in [0.1, 0.15) is 11.5 Å². The van der Waals surface area contributed by atoms with Crippen LogP contribution in [0.5, 0.6) is 0 Å². The average Bonchev–Trinajstić information content (AvgIpc) is 2.42. The summed E-state index contributed by atoms with van der Waals surface area (Å²) in [6, 6.07) is 12.8. The summed E-state index contributed by atoms with van der Waals surface area (Å²) in [7, 11) is 0. The second-order valence-electron chi connectivity index (χ2n) is 3.80. The molecule has 0 saturated heterocycles. The largest absolute Gasteiger partial charge is 0.329 e. The standard InChI is InChI=1S/C13H14N4O/c14-9-11(10-5-2-1-3-6-10)13(18)16-12-7-4-8-15-17-12/h1-8,11H,9,14H2,(H,16,17,18). The van der Waals surface area contributed by atoms with E-state index in [1.165, 1.54) is 0 Å². The number of nitrogens with one attached hydrogen (secondary N) is 1. The van der Waals surface area contributed by atoms with Gasteiger partial charge in [-0.25, -0.2) is 0 Å². The molecule has 18 heavy (non-hydrogen) atoms. The van der Waals surface area contributed by atoms with E-state index in [2.05, 4.69) is 15.5 Å². The Labute approximate surface area is 105 Å². The number of nitrogens with two attached hydrogens (primary N) is 1. The molecule has 0 fully saturated rings. The number of rotatable bonds is 4. The third-order valence-corrected chi connectivity index (χ3v) is 2.58. The van der Waals surface area contributed by atoms with E-state index in [1.807, 2.05) is 30.3 Å². The van der Waals surface area contributed by atoms with Crippen LogP contribution >= 0.6 is 0 Å². The Morgan fingerprint density at radius 2 is 2.00 bits per heavy atom. The summed E-state index contributed by atoms with van der Waals surface area (Å²) >= 11 is 0. The van der Waals surface area contributed by atoms with Gasteiger partial charge in [-0.05, 0) is 17.7 Å². The molecule has 0 radical (unpaired) electrons. The van der Waals surface area contributed by atoms with Crippen molar-refractivity contribution in [2.24, 2.45) is 5.73 Å². The van der Waals surface area contributed by atoms with Crippen LogP contribution in [0.4, 0.5) is 5.82 Å². The van der Waals surface area contributed by atoms with Gasteiger partial charge in [-0.3, -0.25) is 4.79 Å². The fraction of sp³-hybridized carbons (Fsp3) is 0.154. The highest BCUT2D eigenvalue weighted by Gasteiger charge is 2.19. The molecule has 1 amide bonds. The maximum atomic E-state index is 12.1. The predicted octanol–water partition coefficient (Wildman–Crippen LogP) is 1.16. The van der Waals surface area contributed by atoms with Crippen molar-refractivity contribution >= 4 is 11.7 Å². The van der Waals surface area contributed by atoms with Gasteiger partial charge < -0.3 is 11.1 Å². The summed E-state index contributed by atoms with van der Waals surface area (Å²) in [6.07, 6.45) is 1.55. The van der Waals surface area contributed by atoms with Crippen molar-refractivity contribution in [1.29, 1.82) is 0 Å². The Bertz CT molecular complexity index is 501. The lowest BCUT2D eigenvalue weighted by atomic mass is 9.98. The zero-order chi connectivity index (χ0) is 12.8. The van der Waals surface area contributed by atoms with Gasteiger partial charge >= 0.3 is 0 Å². The van der Waals surface area contributed by atoms with Crippen LogP contribution < -0.4 is 11.1 Å². The average molecular weight is 242 g/mol. The van der Waals surface area contributed by atoms with Crippen LogP contribution in [0.3, 0.4) is 0 Å². The molecule has 5 heteroatoms. The highest BCUT2D eigenvalue weighted by Crippen LogP contribution is 2.16. The van der Waals surface area contributed by atoms with Gasteiger partial charge in [0.1, 0.15) is 0 Å². The molecular weight excluding hydrogens is 228 g/mol. The van der Waals surface area contributed by atoms with Crippen LogP contribution in [-0.4, -0.2) is 22.6 Å². The number of hydrogen-bond donors (Lipinski definition) is 2. The van der Waals surface area contributed by atoms with E-state index in [1.54, 1.807) is 18.3 Å². The number of benzene rings is 1. The minimum absolute atomic E-state index is 0.177. The van der Waals surface area contributed by atoms with E-state index in [-0.39, 0.29) is 18.4 Å². The summed E-state index contributed by atoms with van der Waals surface area (Å²) < 4.78 is 0. The lowest BCUT2D eigenvalue weighted by molar-refractivity contribution is -0.117. The molecule has 3 N–H and O–H groups in total. The third-order valence-electron chi connectivity index (χ3n) is 2.58. The number of anilines is 1. The number of carbonyl (C=O) groups excluding carboxylic acids is 1. The van der Waals surface area contributed by atoms with Crippen LogP contribution in [0.25, 0.3) is 0 Å². The zero-order valence-corrected chi connectivity index (χ0v) is 9.78. The van der Waals surface area contributed by atoms with E-state index in [0.29, 0.717) is 5.82 Å². The molecule has 1 aromatic heterocycles. The first-order valence-electron chi connectivity index (χ1n) is 5.65. The fourth-order valence-corrected chi connectivity index (χ4v) is 1.66. The molecule has 5 nitrogen and oxygen atoms in total. The SMILES string of the molecule is NCC(C(=O)Nc1cccnn1)c1ccccc1. The summed E-state index contributed by atoms with van der Waals surface area (Å²) in [5, 5.41) is 10.2. The van der Waals surface area contributed by atoms with Crippen molar-refractivity contribution in [1.82, 2.24) is 10.2 Å². The van der Waals surface area contributed by atoms with Crippen LogP contribution in [0.15, 0.2) is 48.7 Å². The Morgan fingerprint density at radius 1 is 1.22 bits per heavy atom. The van der Waals surface area contributed by atoms with Crippen LogP contribution in [0, 0.1) is 0 Å². The normalized spacial score (nSPS) is 11.8. The quantitative estimate of drug-likeness (QED) is 0.843. The Morgan fingerprint density at radius 3 is 2.61 bits per heavy atom. The van der Waals surface area contributed by atoms with Crippen molar-refractivity contribution in [3.8, 4) is 0 Å². The Hall–Kier alpha value is -2.27. The second kappa shape index (κ2) is 5.88. The number of amides is 1. The van der Waals surface area contributed by atoms with Crippen molar-refractivity contribution in [3.63, 3.8) is 0 Å². The van der Waals surface area contributed by atoms with Gasteiger partial charge in [-0.2, -0.15) is 5.10 Å².